The van der Waals surface area contributed by atoms with Crippen LogP contribution in [0.2, 0.25) is 0 Å². The van der Waals surface area contributed by atoms with E-state index in [0.717, 1.165) is 6.54 Å². The third-order valence-corrected chi connectivity index (χ3v) is 2.55. The highest BCUT2D eigenvalue weighted by atomic mass is 15.0. The van der Waals surface area contributed by atoms with E-state index < -0.39 is 0 Å². The van der Waals surface area contributed by atoms with E-state index in [1.54, 1.807) is 0 Å². The van der Waals surface area contributed by atoms with Crippen LogP contribution < -0.4 is 0 Å². The zero-order chi connectivity index (χ0) is 7.97. The zero-order valence-corrected chi connectivity index (χ0v) is 6.83. The first-order valence-corrected chi connectivity index (χ1v) is 4.37. The summed E-state index contributed by atoms with van der Waals surface area (Å²) in [5.41, 5.74) is 2.76. The molecular weight excluding hydrogens is 146 g/mol. The average molecular weight is 156 g/mol. The second-order valence-electron chi connectivity index (χ2n) is 3.27. The van der Waals surface area contributed by atoms with Crippen molar-refractivity contribution < 1.29 is 0 Å². The van der Waals surface area contributed by atoms with Gasteiger partial charge in [0.05, 0.1) is 0 Å². The van der Waals surface area contributed by atoms with Crippen LogP contribution >= 0.6 is 0 Å². The summed E-state index contributed by atoms with van der Waals surface area (Å²) in [4.78, 5) is 0. The van der Waals surface area contributed by atoms with Crippen LogP contribution in [0.1, 0.15) is 12.1 Å². The predicted octanol–water partition coefficient (Wildman–Crippen LogP) is 2.60. The minimum Gasteiger partial charge on any atom is -0.344 e. The van der Waals surface area contributed by atoms with Gasteiger partial charge in [-0.1, -0.05) is 18.2 Å². The Labute approximate surface area is 71.6 Å². The molecule has 3 rings (SSSR count). The Bertz CT molecular complexity index is 425. The van der Waals surface area contributed by atoms with Gasteiger partial charge >= 0.3 is 0 Å². The van der Waals surface area contributed by atoms with Gasteiger partial charge in [0.25, 0.3) is 0 Å². The van der Waals surface area contributed by atoms with Crippen molar-refractivity contribution in [3.05, 3.63) is 42.4 Å². The quantitative estimate of drug-likeness (QED) is 0.552. The van der Waals surface area contributed by atoms with Gasteiger partial charge in [0.15, 0.2) is 0 Å². The molecule has 0 amide bonds. The Morgan fingerprint density at radius 2 is 2.08 bits per heavy atom. The van der Waals surface area contributed by atoms with Gasteiger partial charge < -0.3 is 4.57 Å². The van der Waals surface area contributed by atoms with E-state index in [0.29, 0.717) is 0 Å². The minimum atomic E-state index is 1.16. The molecule has 1 aliphatic heterocycles. The van der Waals surface area contributed by atoms with E-state index in [-0.39, 0.29) is 0 Å². The molecule has 0 saturated heterocycles. The van der Waals surface area contributed by atoms with Gasteiger partial charge in [-0.3, -0.25) is 0 Å². The highest BCUT2D eigenvalue weighted by Gasteiger charge is 2.13. The molecule has 0 bridgehead atoms. The van der Waals surface area contributed by atoms with E-state index in [4.69, 9.17) is 0 Å². The van der Waals surface area contributed by atoms with Crippen LogP contribution in [0.3, 0.4) is 0 Å². The largest absolute Gasteiger partial charge is 0.344 e. The number of aromatic nitrogens is 1. The lowest BCUT2D eigenvalue weighted by molar-refractivity contribution is 0.791. The van der Waals surface area contributed by atoms with Crippen molar-refractivity contribution in [2.24, 2.45) is 0 Å². The molecule has 0 N–H and O–H groups in total. The molecule has 0 fully saturated rings. The second kappa shape index (κ2) is 2.13. The van der Waals surface area contributed by atoms with Gasteiger partial charge in [0.1, 0.15) is 0 Å². The Morgan fingerprint density at radius 3 is 3.08 bits per heavy atom. The Hall–Kier alpha value is -1.24. The summed E-state index contributed by atoms with van der Waals surface area (Å²) >= 11 is 0. The number of nitrogens with zero attached hydrogens (tertiary/aromatic N) is 1. The highest BCUT2D eigenvalue weighted by Crippen LogP contribution is 2.26. The van der Waals surface area contributed by atoms with E-state index in [1.807, 2.05) is 0 Å². The normalized spacial score (nSPS) is 15.3. The van der Waals surface area contributed by atoms with E-state index >= 15 is 0 Å². The highest BCUT2D eigenvalue weighted by molar-refractivity contribution is 5.82. The van der Waals surface area contributed by atoms with Crippen molar-refractivity contribution in [3.8, 4) is 0 Å². The van der Waals surface area contributed by atoms with Crippen LogP contribution in [0.15, 0.2) is 30.3 Å². The molecule has 0 saturated carbocycles. The molecule has 1 radical (unpaired) electrons. The van der Waals surface area contributed by atoms with Gasteiger partial charge in [-0.2, -0.15) is 0 Å². The SMILES string of the molecule is [CH]1CCn2c1cc1ccccc12. The fourth-order valence-corrected chi connectivity index (χ4v) is 1.99. The summed E-state index contributed by atoms with van der Waals surface area (Å²) in [5.74, 6) is 0. The Balaban J connectivity index is 2.44. The average Bonchev–Trinajstić information content (AvgIpc) is 2.62. The van der Waals surface area contributed by atoms with E-state index in [2.05, 4.69) is 41.3 Å². The number of fused-ring (bicyclic) bond motifs is 3. The molecule has 1 aromatic carbocycles. The standard InChI is InChI=1S/C11H10N/c1-2-6-11-9(4-1)8-10-5-3-7-12(10)11/h1-2,4-6,8H,3,7H2. The number of hydrogen-bond acceptors (Lipinski definition) is 0. The first kappa shape index (κ1) is 6.30. The first-order chi connectivity index (χ1) is 5.95. The summed E-state index contributed by atoms with van der Waals surface area (Å²) in [6.45, 7) is 1.16. The maximum atomic E-state index is 2.38. The van der Waals surface area contributed by atoms with E-state index in [1.165, 1.54) is 23.0 Å². The van der Waals surface area contributed by atoms with Gasteiger partial charge in [-0.15, -0.1) is 0 Å². The van der Waals surface area contributed by atoms with Crippen molar-refractivity contribution in [2.75, 3.05) is 0 Å². The van der Waals surface area contributed by atoms with Crippen molar-refractivity contribution in [1.82, 2.24) is 4.57 Å². The molecular formula is C11H10N. The number of para-hydroxylation sites is 1. The molecule has 59 valence electrons. The summed E-state index contributed by atoms with van der Waals surface area (Å²) < 4.78 is 2.38. The predicted molar refractivity (Wildman–Crippen MR) is 50.0 cm³/mol. The monoisotopic (exact) mass is 156 g/mol. The molecule has 1 heteroatoms. The third kappa shape index (κ3) is 0.685. The third-order valence-electron chi connectivity index (χ3n) is 2.55. The lowest BCUT2D eigenvalue weighted by Gasteiger charge is -1.97. The van der Waals surface area contributed by atoms with Crippen molar-refractivity contribution in [2.45, 2.75) is 13.0 Å². The maximum absolute atomic E-state index is 2.38. The fourth-order valence-electron chi connectivity index (χ4n) is 1.99. The molecule has 1 nitrogen and oxygen atoms in total. The van der Waals surface area contributed by atoms with Crippen LogP contribution in [-0.4, -0.2) is 4.57 Å². The van der Waals surface area contributed by atoms with Crippen LogP contribution in [0, 0.1) is 6.42 Å². The zero-order valence-electron chi connectivity index (χ0n) is 6.83. The van der Waals surface area contributed by atoms with E-state index in [9.17, 15) is 0 Å². The molecule has 12 heavy (non-hydrogen) atoms. The van der Waals surface area contributed by atoms with Crippen LogP contribution in [0.25, 0.3) is 10.9 Å². The Morgan fingerprint density at radius 1 is 1.17 bits per heavy atom. The molecule has 0 unspecified atom stereocenters. The van der Waals surface area contributed by atoms with Crippen LogP contribution in [-0.2, 0) is 6.54 Å². The molecule has 1 aliphatic rings. The van der Waals surface area contributed by atoms with Crippen molar-refractivity contribution in [1.29, 1.82) is 0 Å². The van der Waals surface area contributed by atoms with Crippen LogP contribution in [0.4, 0.5) is 0 Å². The molecule has 0 aliphatic carbocycles. The summed E-state index contributed by atoms with van der Waals surface area (Å²) in [6, 6.07) is 10.8. The Kier molecular flexibility index (Phi) is 1.12. The summed E-state index contributed by atoms with van der Waals surface area (Å²) in [7, 11) is 0. The minimum absolute atomic E-state index is 1.16. The maximum Gasteiger partial charge on any atom is 0.0482 e. The molecule has 0 atom stereocenters. The lowest BCUT2D eigenvalue weighted by atomic mass is 10.2. The molecule has 1 aromatic heterocycles. The van der Waals surface area contributed by atoms with Gasteiger partial charge in [0.2, 0.25) is 0 Å². The number of benzene rings is 1. The number of rotatable bonds is 0. The molecule has 0 spiro atoms. The number of aryl methyl sites for hydroxylation is 1. The van der Waals surface area contributed by atoms with Crippen LogP contribution in [0.5, 0.6) is 0 Å². The number of hydrogen-bond donors (Lipinski definition) is 0. The van der Waals surface area contributed by atoms with Crippen molar-refractivity contribution >= 4 is 10.9 Å². The summed E-state index contributed by atoms with van der Waals surface area (Å²) in [6.07, 6.45) is 3.50. The van der Waals surface area contributed by atoms with Gasteiger partial charge in [-0.05, 0) is 23.9 Å². The fraction of sp³-hybridized carbons (Fsp3) is 0.182. The molecule has 2 aromatic rings. The smallest absolute Gasteiger partial charge is 0.0482 e. The van der Waals surface area contributed by atoms with Crippen molar-refractivity contribution in [3.63, 3.8) is 0 Å². The second-order valence-corrected chi connectivity index (χ2v) is 3.27. The lowest BCUT2D eigenvalue weighted by Crippen LogP contribution is -1.89. The van der Waals surface area contributed by atoms with Gasteiger partial charge in [-0.25, -0.2) is 0 Å². The first-order valence-electron chi connectivity index (χ1n) is 4.37. The topological polar surface area (TPSA) is 4.93 Å². The molecule has 2 heterocycles. The van der Waals surface area contributed by atoms with Gasteiger partial charge in [0, 0.05) is 24.2 Å². The summed E-state index contributed by atoms with van der Waals surface area (Å²) in [5, 5.41) is 1.36.